The predicted octanol–water partition coefficient (Wildman–Crippen LogP) is 4.05. The molecular formula is C12H9BrF2N2. The van der Waals surface area contributed by atoms with Gasteiger partial charge < -0.3 is 11.1 Å². The molecule has 0 radical (unpaired) electrons. The quantitative estimate of drug-likeness (QED) is 0.821. The van der Waals surface area contributed by atoms with Crippen LogP contribution in [0, 0.1) is 11.6 Å². The van der Waals surface area contributed by atoms with Crippen LogP contribution >= 0.6 is 15.9 Å². The molecule has 0 saturated carbocycles. The average molecular weight is 299 g/mol. The van der Waals surface area contributed by atoms with Gasteiger partial charge in [-0.1, -0.05) is 6.07 Å². The van der Waals surface area contributed by atoms with Crippen LogP contribution < -0.4 is 11.1 Å². The minimum atomic E-state index is -0.430. The Bertz CT molecular complexity index is 538. The summed E-state index contributed by atoms with van der Waals surface area (Å²) in [5.74, 6) is -0.844. The molecule has 0 bridgehead atoms. The third-order valence-electron chi connectivity index (χ3n) is 2.24. The number of para-hydroxylation sites is 1. The van der Waals surface area contributed by atoms with Crippen LogP contribution in [0.25, 0.3) is 0 Å². The van der Waals surface area contributed by atoms with Crippen LogP contribution in [0.5, 0.6) is 0 Å². The molecule has 0 amide bonds. The van der Waals surface area contributed by atoms with E-state index in [1.165, 1.54) is 24.3 Å². The molecule has 0 aliphatic heterocycles. The van der Waals surface area contributed by atoms with Crippen molar-refractivity contribution in [3.63, 3.8) is 0 Å². The second-order valence-electron chi connectivity index (χ2n) is 3.45. The molecule has 88 valence electrons. The molecule has 0 unspecified atom stereocenters. The SMILES string of the molecule is Nc1cc(F)ccc1Nc1c(F)cccc1Br. The molecule has 0 fully saturated rings. The monoisotopic (exact) mass is 298 g/mol. The standard InChI is InChI=1S/C12H9BrF2N2/c13-8-2-1-3-9(15)12(8)17-11-5-4-7(14)6-10(11)16/h1-6,17H,16H2. The molecular weight excluding hydrogens is 290 g/mol. The van der Waals surface area contributed by atoms with E-state index >= 15 is 0 Å². The van der Waals surface area contributed by atoms with Crippen LogP contribution in [-0.4, -0.2) is 0 Å². The minimum Gasteiger partial charge on any atom is -0.397 e. The summed E-state index contributed by atoms with van der Waals surface area (Å²) in [6.07, 6.45) is 0. The molecule has 17 heavy (non-hydrogen) atoms. The predicted molar refractivity (Wildman–Crippen MR) is 68.2 cm³/mol. The molecule has 0 aliphatic carbocycles. The lowest BCUT2D eigenvalue weighted by Gasteiger charge is -2.11. The molecule has 0 saturated heterocycles. The smallest absolute Gasteiger partial charge is 0.147 e. The Kier molecular flexibility index (Phi) is 3.28. The Balaban J connectivity index is 2.38. The van der Waals surface area contributed by atoms with Crippen molar-refractivity contribution < 1.29 is 8.78 Å². The van der Waals surface area contributed by atoms with Crippen molar-refractivity contribution in [3.05, 3.63) is 52.5 Å². The van der Waals surface area contributed by atoms with Gasteiger partial charge >= 0.3 is 0 Å². The van der Waals surface area contributed by atoms with Gasteiger partial charge in [-0.3, -0.25) is 0 Å². The fraction of sp³-hybridized carbons (Fsp3) is 0. The lowest BCUT2D eigenvalue weighted by atomic mass is 10.2. The van der Waals surface area contributed by atoms with Gasteiger partial charge in [-0.15, -0.1) is 0 Å². The number of rotatable bonds is 2. The van der Waals surface area contributed by atoms with Crippen LogP contribution in [0.2, 0.25) is 0 Å². The molecule has 0 spiro atoms. The Hall–Kier alpha value is -1.62. The van der Waals surface area contributed by atoms with E-state index in [1.54, 1.807) is 12.1 Å². The van der Waals surface area contributed by atoms with Crippen molar-refractivity contribution in [1.82, 2.24) is 0 Å². The van der Waals surface area contributed by atoms with Gasteiger partial charge in [-0.25, -0.2) is 8.78 Å². The first kappa shape index (κ1) is 11.9. The second kappa shape index (κ2) is 4.71. The lowest BCUT2D eigenvalue weighted by Crippen LogP contribution is -1.99. The summed E-state index contributed by atoms with van der Waals surface area (Å²) in [6.45, 7) is 0. The van der Waals surface area contributed by atoms with E-state index in [0.29, 0.717) is 10.2 Å². The maximum Gasteiger partial charge on any atom is 0.147 e. The van der Waals surface area contributed by atoms with Crippen molar-refractivity contribution in [1.29, 1.82) is 0 Å². The van der Waals surface area contributed by atoms with Gasteiger partial charge in [-0.2, -0.15) is 0 Å². The van der Waals surface area contributed by atoms with E-state index < -0.39 is 11.6 Å². The second-order valence-corrected chi connectivity index (χ2v) is 4.31. The van der Waals surface area contributed by atoms with Crippen LogP contribution in [0.1, 0.15) is 0 Å². The Morgan fingerprint density at radius 1 is 1.12 bits per heavy atom. The highest BCUT2D eigenvalue weighted by Gasteiger charge is 2.08. The van der Waals surface area contributed by atoms with Gasteiger partial charge in [-0.05, 0) is 46.3 Å². The summed E-state index contributed by atoms with van der Waals surface area (Å²) in [5.41, 5.74) is 6.58. The summed E-state index contributed by atoms with van der Waals surface area (Å²) in [5, 5.41) is 2.82. The van der Waals surface area contributed by atoms with Crippen LogP contribution in [0.4, 0.5) is 25.8 Å². The average Bonchev–Trinajstić information content (AvgIpc) is 2.26. The maximum atomic E-state index is 13.5. The number of nitrogens with two attached hydrogens (primary N) is 1. The summed E-state index contributed by atoms with van der Waals surface area (Å²) >= 11 is 3.23. The molecule has 2 aromatic rings. The molecule has 2 nitrogen and oxygen atoms in total. The highest BCUT2D eigenvalue weighted by atomic mass is 79.9. The van der Waals surface area contributed by atoms with E-state index in [-0.39, 0.29) is 11.4 Å². The fourth-order valence-electron chi connectivity index (χ4n) is 1.40. The van der Waals surface area contributed by atoms with E-state index in [2.05, 4.69) is 21.2 Å². The van der Waals surface area contributed by atoms with E-state index in [9.17, 15) is 8.78 Å². The normalized spacial score (nSPS) is 10.3. The van der Waals surface area contributed by atoms with Crippen molar-refractivity contribution in [2.45, 2.75) is 0 Å². The topological polar surface area (TPSA) is 38.0 Å². The minimum absolute atomic E-state index is 0.222. The van der Waals surface area contributed by atoms with Gasteiger partial charge in [0, 0.05) is 4.47 Å². The number of nitrogens with one attached hydrogen (secondary N) is 1. The molecule has 2 aromatic carbocycles. The first-order valence-corrected chi connectivity index (χ1v) is 5.63. The zero-order valence-electron chi connectivity index (χ0n) is 8.68. The maximum absolute atomic E-state index is 13.5. The number of halogens is 3. The molecule has 0 aliphatic rings. The van der Waals surface area contributed by atoms with E-state index in [0.717, 1.165) is 0 Å². The zero-order valence-corrected chi connectivity index (χ0v) is 10.3. The summed E-state index contributed by atoms with van der Waals surface area (Å²) in [7, 11) is 0. The molecule has 0 atom stereocenters. The van der Waals surface area contributed by atoms with E-state index in [4.69, 9.17) is 5.73 Å². The number of anilines is 3. The van der Waals surface area contributed by atoms with Crippen LogP contribution in [-0.2, 0) is 0 Å². The van der Waals surface area contributed by atoms with Gasteiger partial charge in [0.15, 0.2) is 0 Å². The van der Waals surface area contributed by atoms with Gasteiger partial charge in [0.05, 0.1) is 17.1 Å². The third kappa shape index (κ3) is 2.55. The third-order valence-corrected chi connectivity index (χ3v) is 2.90. The first-order valence-electron chi connectivity index (χ1n) is 4.84. The van der Waals surface area contributed by atoms with Gasteiger partial charge in [0.25, 0.3) is 0 Å². The van der Waals surface area contributed by atoms with Crippen molar-refractivity contribution in [2.75, 3.05) is 11.1 Å². The number of benzene rings is 2. The largest absolute Gasteiger partial charge is 0.397 e. The summed E-state index contributed by atoms with van der Waals surface area (Å²) < 4.78 is 27.0. The van der Waals surface area contributed by atoms with Crippen molar-refractivity contribution in [3.8, 4) is 0 Å². The molecule has 0 aromatic heterocycles. The van der Waals surface area contributed by atoms with Crippen molar-refractivity contribution in [2.24, 2.45) is 0 Å². The molecule has 5 heteroatoms. The molecule has 0 heterocycles. The highest BCUT2D eigenvalue weighted by molar-refractivity contribution is 9.10. The Morgan fingerprint density at radius 2 is 1.88 bits per heavy atom. The summed E-state index contributed by atoms with van der Waals surface area (Å²) in [6, 6.07) is 8.50. The molecule has 3 N–H and O–H groups in total. The van der Waals surface area contributed by atoms with Crippen LogP contribution in [0.15, 0.2) is 40.9 Å². The Morgan fingerprint density at radius 3 is 2.53 bits per heavy atom. The van der Waals surface area contributed by atoms with Crippen molar-refractivity contribution >= 4 is 33.0 Å². The highest BCUT2D eigenvalue weighted by Crippen LogP contribution is 2.30. The van der Waals surface area contributed by atoms with Gasteiger partial charge in [0.1, 0.15) is 11.6 Å². The summed E-state index contributed by atoms with van der Waals surface area (Å²) in [4.78, 5) is 0. The molecule has 2 rings (SSSR count). The number of hydrogen-bond donors (Lipinski definition) is 2. The number of nitrogen functional groups attached to an aromatic ring is 1. The first-order chi connectivity index (χ1) is 8.08. The Labute approximate surface area is 106 Å². The number of hydrogen-bond acceptors (Lipinski definition) is 2. The fourth-order valence-corrected chi connectivity index (χ4v) is 1.84. The van der Waals surface area contributed by atoms with E-state index in [1.807, 2.05) is 0 Å². The van der Waals surface area contributed by atoms with Crippen LogP contribution in [0.3, 0.4) is 0 Å². The zero-order chi connectivity index (χ0) is 12.4. The van der Waals surface area contributed by atoms with Gasteiger partial charge in [0.2, 0.25) is 0 Å². The lowest BCUT2D eigenvalue weighted by molar-refractivity contribution is 0.628.